The predicted octanol–water partition coefficient (Wildman–Crippen LogP) is 3.59. The third-order valence-electron chi connectivity index (χ3n) is 1.49. The molecule has 2 heterocycles. The van der Waals surface area contributed by atoms with Gasteiger partial charge in [0.05, 0.1) is 18.1 Å². The zero-order valence-electron chi connectivity index (χ0n) is 6.87. The second-order valence-electron chi connectivity index (χ2n) is 2.46. The molecule has 0 amide bonds. The first-order valence-electron chi connectivity index (χ1n) is 3.73. The summed E-state index contributed by atoms with van der Waals surface area (Å²) in [6, 6.07) is 1.87. The largest absolute Gasteiger partial charge is 0.337 e. The maximum Gasteiger partial charge on any atom is 0.150 e. The van der Waals surface area contributed by atoms with E-state index in [2.05, 4.69) is 15.3 Å². The van der Waals surface area contributed by atoms with Crippen LogP contribution in [0.4, 0.5) is 11.5 Å². The summed E-state index contributed by atoms with van der Waals surface area (Å²) >= 11 is 13.0. The van der Waals surface area contributed by atoms with E-state index in [1.165, 1.54) is 17.5 Å². The number of nitrogens with one attached hydrogen (secondary N) is 1. The molecule has 0 radical (unpaired) electrons. The van der Waals surface area contributed by atoms with E-state index in [0.29, 0.717) is 15.3 Å². The molecule has 0 saturated carbocycles. The second-order valence-corrected chi connectivity index (χ2v) is 4.37. The van der Waals surface area contributed by atoms with E-state index in [1.807, 2.05) is 11.4 Å². The highest BCUT2D eigenvalue weighted by molar-refractivity contribution is 7.15. The fourth-order valence-electron chi connectivity index (χ4n) is 0.922. The van der Waals surface area contributed by atoms with Crippen LogP contribution in [0.2, 0.25) is 9.49 Å². The lowest BCUT2D eigenvalue weighted by Gasteiger charge is -2.02. The summed E-state index contributed by atoms with van der Waals surface area (Å²) in [6.45, 7) is 0. The van der Waals surface area contributed by atoms with Crippen LogP contribution in [0.5, 0.6) is 0 Å². The topological polar surface area (TPSA) is 37.8 Å². The number of aromatic nitrogens is 2. The number of thiophene rings is 1. The van der Waals surface area contributed by atoms with Gasteiger partial charge >= 0.3 is 0 Å². The van der Waals surface area contributed by atoms with Crippen LogP contribution in [0.15, 0.2) is 23.8 Å². The van der Waals surface area contributed by atoms with Gasteiger partial charge in [0, 0.05) is 0 Å². The smallest absolute Gasteiger partial charge is 0.150 e. The van der Waals surface area contributed by atoms with E-state index in [1.54, 1.807) is 6.20 Å². The lowest BCUT2D eigenvalue weighted by atomic mass is 10.5. The number of hydrogen-bond acceptors (Lipinski definition) is 4. The zero-order chi connectivity index (χ0) is 9.97. The standard InChI is InChI=1S/C8H5Cl2N3S/c9-6-3-11-4-7(13-6)12-5-1-2-14-8(5)10/h1-4H,(H,12,13). The van der Waals surface area contributed by atoms with Crippen molar-refractivity contribution in [3.8, 4) is 0 Å². The van der Waals surface area contributed by atoms with Crippen molar-refractivity contribution < 1.29 is 0 Å². The van der Waals surface area contributed by atoms with Crippen LogP contribution in [0.25, 0.3) is 0 Å². The number of rotatable bonds is 2. The Morgan fingerprint density at radius 3 is 2.79 bits per heavy atom. The Labute approximate surface area is 94.7 Å². The highest BCUT2D eigenvalue weighted by Crippen LogP contribution is 2.29. The van der Waals surface area contributed by atoms with Crippen molar-refractivity contribution in [1.82, 2.24) is 9.97 Å². The van der Waals surface area contributed by atoms with Gasteiger partial charge in [0.1, 0.15) is 9.49 Å². The van der Waals surface area contributed by atoms with E-state index >= 15 is 0 Å². The summed E-state index contributed by atoms with van der Waals surface area (Å²) in [5.41, 5.74) is 0.813. The highest BCUT2D eigenvalue weighted by Gasteiger charge is 2.02. The number of hydrogen-bond donors (Lipinski definition) is 1. The molecule has 6 heteroatoms. The molecule has 0 aliphatic heterocycles. The Bertz CT molecular complexity index is 444. The van der Waals surface area contributed by atoms with Gasteiger partial charge in [0.15, 0.2) is 5.82 Å². The van der Waals surface area contributed by atoms with Crippen molar-refractivity contribution >= 4 is 46.0 Å². The van der Waals surface area contributed by atoms with Crippen LogP contribution in [-0.4, -0.2) is 9.97 Å². The first-order chi connectivity index (χ1) is 6.75. The first-order valence-corrected chi connectivity index (χ1v) is 5.37. The quantitative estimate of drug-likeness (QED) is 0.879. The third kappa shape index (κ3) is 2.15. The fourth-order valence-corrected chi connectivity index (χ4v) is 1.90. The van der Waals surface area contributed by atoms with Crippen LogP contribution < -0.4 is 5.32 Å². The Balaban J connectivity index is 2.23. The molecule has 0 atom stereocenters. The van der Waals surface area contributed by atoms with Crippen molar-refractivity contribution in [1.29, 1.82) is 0 Å². The van der Waals surface area contributed by atoms with Gasteiger partial charge < -0.3 is 5.32 Å². The van der Waals surface area contributed by atoms with Crippen molar-refractivity contribution in [3.63, 3.8) is 0 Å². The molecular weight excluding hydrogens is 241 g/mol. The van der Waals surface area contributed by atoms with Gasteiger partial charge in [-0.25, -0.2) is 4.98 Å². The van der Waals surface area contributed by atoms with Gasteiger partial charge in [-0.15, -0.1) is 11.3 Å². The fraction of sp³-hybridized carbons (Fsp3) is 0. The average molecular weight is 246 g/mol. The molecule has 3 nitrogen and oxygen atoms in total. The van der Waals surface area contributed by atoms with Gasteiger partial charge in [0.2, 0.25) is 0 Å². The van der Waals surface area contributed by atoms with Gasteiger partial charge in [-0.1, -0.05) is 23.2 Å². The molecule has 0 spiro atoms. The Hall–Kier alpha value is -0.840. The highest BCUT2D eigenvalue weighted by atomic mass is 35.5. The van der Waals surface area contributed by atoms with Crippen molar-refractivity contribution in [2.75, 3.05) is 5.32 Å². The summed E-state index contributed by atoms with van der Waals surface area (Å²) in [6.07, 6.45) is 3.06. The summed E-state index contributed by atoms with van der Waals surface area (Å²) in [7, 11) is 0. The molecule has 0 unspecified atom stereocenters. The lowest BCUT2D eigenvalue weighted by Crippen LogP contribution is -1.93. The maximum absolute atomic E-state index is 5.90. The molecule has 72 valence electrons. The number of nitrogens with zero attached hydrogens (tertiary/aromatic N) is 2. The molecule has 0 aromatic carbocycles. The van der Waals surface area contributed by atoms with Crippen molar-refractivity contribution in [3.05, 3.63) is 33.3 Å². The van der Waals surface area contributed by atoms with Crippen LogP contribution in [0, 0.1) is 0 Å². The van der Waals surface area contributed by atoms with Crippen LogP contribution in [0.3, 0.4) is 0 Å². The lowest BCUT2D eigenvalue weighted by molar-refractivity contribution is 1.20. The number of halogens is 2. The predicted molar refractivity (Wildman–Crippen MR) is 59.7 cm³/mol. The molecule has 1 N–H and O–H groups in total. The minimum atomic E-state index is 0.348. The van der Waals surface area contributed by atoms with Crippen LogP contribution in [0.1, 0.15) is 0 Å². The van der Waals surface area contributed by atoms with Gasteiger partial charge in [-0.3, -0.25) is 4.98 Å². The van der Waals surface area contributed by atoms with E-state index in [9.17, 15) is 0 Å². The van der Waals surface area contributed by atoms with Gasteiger partial charge in [0.25, 0.3) is 0 Å². The van der Waals surface area contributed by atoms with E-state index in [-0.39, 0.29) is 0 Å². The summed E-state index contributed by atoms with van der Waals surface area (Å²) < 4.78 is 0.687. The molecule has 0 fully saturated rings. The molecule has 14 heavy (non-hydrogen) atoms. The molecular formula is C8H5Cl2N3S. The summed E-state index contributed by atoms with van der Waals surface area (Å²) in [5.74, 6) is 0.581. The third-order valence-corrected chi connectivity index (χ3v) is 2.84. The molecule has 2 aromatic rings. The maximum atomic E-state index is 5.90. The SMILES string of the molecule is Clc1cncc(Nc2ccsc2Cl)n1. The normalized spacial score (nSPS) is 10.1. The van der Waals surface area contributed by atoms with Crippen LogP contribution >= 0.6 is 34.5 Å². The Morgan fingerprint density at radius 1 is 1.29 bits per heavy atom. The molecule has 0 aliphatic rings. The van der Waals surface area contributed by atoms with E-state index in [0.717, 1.165) is 5.69 Å². The Kier molecular flexibility index (Phi) is 2.86. The van der Waals surface area contributed by atoms with Gasteiger partial charge in [-0.2, -0.15) is 0 Å². The minimum absolute atomic E-state index is 0.348. The Morgan fingerprint density at radius 2 is 2.14 bits per heavy atom. The monoisotopic (exact) mass is 245 g/mol. The van der Waals surface area contributed by atoms with Gasteiger partial charge in [-0.05, 0) is 11.4 Å². The first kappa shape index (κ1) is 9.71. The summed E-state index contributed by atoms with van der Waals surface area (Å²) in [4.78, 5) is 7.92. The molecule has 0 aliphatic carbocycles. The van der Waals surface area contributed by atoms with Crippen molar-refractivity contribution in [2.24, 2.45) is 0 Å². The van der Waals surface area contributed by atoms with Crippen molar-refractivity contribution in [2.45, 2.75) is 0 Å². The number of anilines is 2. The zero-order valence-corrected chi connectivity index (χ0v) is 9.20. The van der Waals surface area contributed by atoms with E-state index < -0.39 is 0 Å². The summed E-state index contributed by atoms with van der Waals surface area (Å²) in [5, 5.41) is 5.25. The van der Waals surface area contributed by atoms with Crippen LogP contribution in [-0.2, 0) is 0 Å². The minimum Gasteiger partial charge on any atom is -0.337 e. The second kappa shape index (κ2) is 4.13. The molecule has 0 saturated heterocycles. The molecule has 2 rings (SSSR count). The molecule has 2 aromatic heterocycles. The average Bonchev–Trinajstić information content (AvgIpc) is 2.52. The van der Waals surface area contributed by atoms with E-state index in [4.69, 9.17) is 23.2 Å². The molecule has 0 bridgehead atoms.